The third-order valence-corrected chi connectivity index (χ3v) is 4.31. The van der Waals surface area contributed by atoms with E-state index in [1.165, 1.54) is 12.8 Å². The number of benzene rings is 1. The van der Waals surface area contributed by atoms with E-state index >= 15 is 0 Å². The van der Waals surface area contributed by atoms with Gasteiger partial charge in [-0.15, -0.1) is 0 Å². The molecular formula is C14H17BrN2O. The molecule has 0 heterocycles. The van der Waals surface area contributed by atoms with Crippen LogP contribution in [0.15, 0.2) is 22.7 Å². The monoisotopic (exact) mass is 308 g/mol. The highest BCUT2D eigenvalue weighted by molar-refractivity contribution is 9.10. The average molecular weight is 309 g/mol. The van der Waals surface area contributed by atoms with Crippen molar-refractivity contribution in [2.75, 3.05) is 12.3 Å². The third kappa shape index (κ3) is 2.53. The van der Waals surface area contributed by atoms with Gasteiger partial charge >= 0.3 is 0 Å². The maximum absolute atomic E-state index is 12.6. The van der Waals surface area contributed by atoms with E-state index in [9.17, 15) is 4.79 Å². The van der Waals surface area contributed by atoms with E-state index < -0.39 is 0 Å². The molecule has 0 aliphatic heterocycles. The fourth-order valence-corrected chi connectivity index (χ4v) is 2.64. The topological polar surface area (TPSA) is 46.3 Å². The highest BCUT2D eigenvalue weighted by Gasteiger charge is 2.37. The summed E-state index contributed by atoms with van der Waals surface area (Å²) in [6, 6.07) is 5.90. The van der Waals surface area contributed by atoms with E-state index in [2.05, 4.69) is 20.8 Å². The van der Waals surface area contributed by atoms with Gasteiger partial charge in [-0.3, -0.25) is 4.79 Å². The van der Waals surface area contributed by atoms with Crippen LogP contribution in [0.25, 0.3) is 0 Å². The Balaban J connectivity index is 1.83. The highest BCUT2D eigenvalue weighted by atomic mass is 79.9. The number of anilines is 1. The standard InChI is InChI=1S/C14H17BrN2O/c15-13-6-3-10(16)7-12(13)14(18)17(11-4-5-11)8-9-1-2-9/h3,6-7,9,11H,1-2,4-5,8,16H2. The maximum atomic E-state index is 12.6. The first-order chi connectivity index (χ1) is 8.65. The molecule has 2 aliphatic carbocycles. The summed E-state index contributed by atoms with van der Waals surface area (Å²) in [5, 5.41) is 0. The molecule has 0 atom stereocenters. The minimum atomic E-state index is 0.128. The second-order valence-corrected chi connectivity index (χ2v) is 6.23. The van der Waals surface area contributed by atoms with Crippen molar-refractivity contribution in [1.82, 2.24) is 4.90 Å². The second kappa shape index (κ2) is 4.57. The molecule has 1 aromatic rings. The lowest BCUT2D eigenvalue weighted by atomic mass is 10.1. The Kier molecular flexibility index (Phi) is 3.06. The van der Waals surface area contributed by atoms with Crippen LogP contribution >= 0.6 is 15.9 Å². The molecule has 0 saturated heterocycles. The molecule has 2 fully saturated rings. The van der Waals surface area contributed by atoms with E-state index in [-0.39, 0.29) is 5.91 Å². The summed E-state index contributed by atoms with van der Waals surface area (Å²) in [5.41, 5.74) is 7.12. The van der Waals surface area contributed by atoms with E-state index in [1.54, 1.807) is 6.07 Å². The lowest BCUT2D eigenvalue weighted by Crippen LogP contribution is -2.35. The van der Waals surface area contributed by atoms with Gasteiger partial charge in [0, 0.05) is 22.7 Å². The number of hydrogen-bond acceptors (Lipinski definition) is 2. The summed E-state index contributed by atoms with van der Waals surface area (Å²) >= 11 is 3.45. The molecule has 1 aromatic carbocycles. The third-order valence-electron chi connectivity index (χ3n) is 3.62. The minimum absolute atomic E-state index is 0.128. The Labute approximate surface area is 115 Å². The van der Waals surface area contributed by atoms with Gasteiger partial charge in [-0.25, -0.2) is 0 Å². The van der Waals surface area contributed by atoms with Gasteiger partial charge in [-0.1, -0.05) is 0 Å². The number of nitrogen functional groups attached to an aromatic ring is 1. The summed E-state index contributed by atoms with van der Waals surface area (Å²) in [6.07, 6.45) is 4.85. The maximum Gasteiger partial charge on any atom is 0.255 e. The van der Waals surface area contributed by atoms with Crippen LogP contribution in [-0.2, 0) is 0 Å². The van der Waals surface area contributed by atoms with E-state index in [1.807, 2.05) is 12.1 Å². The largest absolute Gasteiger partial charge is 0.399 e. The zero-order valence-electron chi connectivity index (χ0n) is 10.2. The van der Waals surface area contributed by atoms with Crippen molar-refractivity contribution in [3.8, 4) is 0 Å². The zero-order chi connectivity index (χ0) is 12.7. The number of nitrogens with zero attached hydrogens (tertiary/aromatic N) is 1. The Morgan fingerprint density at radius 3 is 2.67 bits per heavy atom. The molecule has 4 heteroatoms. The zero-order valence-corrected chi connectivity index (χ0v) is 11.8. The van der Waals surface area contributed by atoms with Crippen molar-refractivity contribution >= 4 is 27.5 Å². The van der Waals surface area contributed by atoms with Gasteiger partial charge < -0.3 is 10.6 Å². The fraction of sp³-hybridized carbons (Fsp3) is 0.500. The Morgan fingerprint density at radius 2 is 2.06 bits per heavy atom. The van der Waals surface area contributed by atoms with Gasteiger partial charge in [-0.05, 0) is 65.7 Å². The van der Waals surface area contributed by atoms with Crippen LogP contribution in [0.5, 0.6) is 0 Å². The normalized spacial score (nSPS) is 18.7. The number of carbonyl (C=O) groups excluding carboxylic acids is 1. The van der Waals surface area contributed by atoms with Crippen molar-refractivity contribution in [3.63, 3.8) is 0 Å². The number of amides is 1. The van der Waals surface area contributed by atoms with Crippen LogP contribution < -0.4 is 5.73 Å². The number of rotatable bonds is 4. The van der Waals surface area contributed by atoms with Crippen molar-refractivity contribution in [2.45, 2.75) is 31.7 Å². The lowest BCUT2D eigenvalue weighted by Gasteiger charge is -2.23. The number of nitrogens with two attached hydrogens (primary N) is 1. The summed E-state index contributed by atoms with van der Waals surface area (Å²) in [7, 11) is 0. The summed E-state index contributed by atoms with van der Waals surface area (Å²) in [4.78, 5) is 14.7. The Morgan fingerprint density at radius 1 is 1.33 bits per heavy atom. The molecule has 0 bridgehead atoms. The molecule has 2 aliphatic rings. The minimum Gasteiger partial charge on any atom is -0.399 e. The second-order valence-electron chi connectivity index (χ2n) is 5.37. The van der Waals surface area contributed by atoms with Crippen LogP contribution in [0.1, 0.15) is 36.0 Å². The van der Waals surface area contributed by atoms with Crippen LogP contribution in [0.3, 0.4) is 0 Å². The van der Waals surface area contributed by atoms with Gasteiger partial charge in [-0.2, -0.15) is 0 Å². The summed E-state index contributed by atoms with van der Waals surface area (Å²) in [6.45, 7) is 0.921. The van der Waals surface area contributed by atoms with Crippen molar-refractivity contribution in [2.24, 2.45) is 5.92 Å². The first-order valence-corrected chi connectivity index (χ1v) is 7.30. The Bertz CT molecular complexity index is 481. The number of halogens is 1. The average Bonchev–Trinajstić information content (AvgIpc) is 3.21. The quantitative estimate of drug-likeness (QED) is 0.869. The predicted molar refractivity (Wildman–Crippen MR) is 75.3 cm³/mol. The van der Waals surface area contributed by atoms with Crippen LogP contribution in [0, 0.1) is 5.92 Å². The van der Waals surface area contributed by atoms with Crippen LogP contribution in [0.4, 0.5) is 5.69 Å². The molecule has 18 heavy (non-hydrogen) atoms. The molecule has 3 rings (SSSR count). The predicted octanol–water partition coefficient (Wildman–Crippen LogP) is 3.05. The lowest BCUT2D eigenvalue weighted by molar-refractivity contribution is 0.0734. The summed E-state index contributed by atoms with van der Waals surface area (Å²) in [5.74, 6) is 0.859. The SMILES string of the molecule is Nc1ccc(Br)c(C(=O)N(CC2CC2)C2CC2)c1. The van der Waals surface area contributed by atoms with Crippen molar-refractivity contribution < 1.29 is 4.79 Å². The smallest absolute Gasteiger partial charge is 0.255 e. The van der Waals surface area contributed by atoms with Crippen LogP contribution in [0.2, 0.25) is 0 Å². The molecule has 0 unspecified atom stereocenters. The molecule has 1 amide bonds. The number of hydrogen-bond donors (Lipinski definition) is 1. The Hall–Kier alpha value is -1.03. The van der Waals surface area contributed by atoms with Crippen LogP contribution in [-0.4, -0.2) is 23.4 Å². The fourth-order valence-electron chi connectivity index (χ4n) is 2.22. The van der Waals surface area contributed by atoms with E-state index in [0.717, 1.165) is 29.8 Å². The molecule has 3 nitrogen and oxygen atoms in total. The molecule has 2 saturated carbocycles. The van der Waals surface area contributed by atoms with E-state index in [4.69, 9.17) is 5.73 Å². The van der Waals surface area contributed by atoms with Crippen molar-refractivity contribution in [1.29, 1.82) is 0 Å². The van der Waals surface area contributed by atoms with Gasteiger partial charge in [0.25, 0.3) is 5.91 Å². The molecule has 2 N–H and O–H groups in total. The number of carbonyl (C=O) groups is 1. The van der Waals surface area contributed by atoms with Gasteiger partial charge in [0.1, 0.15) is 0 Å². The first kappa shape index (κ1) is 12.0. The molecule has 96 valence electrons. The molecule has 0 spiro atoms. The van der Waals surface area contributed by atoms with E-state index in [0.29, 0.717) is 17.3 Å². The molecule has 0 aromatic heterocycles. The molecule has 0 radical (unpaired) electrons. The highest BCUT2D eigenvalue weighted by Crippen LogP contribution is 2.36. The van der Waals surface area contributed by atoms with Gasteiger partial charge in [0.2, 0.25) is 0 Å². The van der Waals surface area contributed by atoms with Crippen molar-refractivity contribution in [3.05, 3.63) is 28.2 Å². The van der Waals surface area contributed by atoms with Gasteiger partial charge in [0.05, 0.1) is 5.56 Å². The van der Waals surface area contributed by atoms with Gasteiger partial charge in [0.15, 0.2) is 0 Å². The molecular weight excluding hydrogens is 292 g/mol. The summed E-state index contributed by atoms with van der Waals surface area (Å²) < 4.78 is 0.836. The first-order valence-electron chi connectivity index (χ1n) is 6.51.